The number of azide groups is 1. The van der Waals surface area contributed by atoms with E-state index in [9.17, 15) is 23.1 Å². The molecule has 2 fully saturated rings. The highest BCUT2D eigenvalue weighted by atomic mass is 19.4. The molecule has 1 aromatic rings. The summed E-state index contributed by atoms with van der Waals surface area (Å²) < 4.78 is 58.0. The molecular formula is C24H35F3N6O5. The fourth-order valence-corrected chi connectivity index (χ4v) is 5.13. The molecule has 11 nitrogen and oxygen atoms in total. The number of rotatable bonds is 9. The number of likely N-dealkylation sites (N-methyl/N-ethyl adjacent to an activating group) is 1. The number of carbonyl (C=O) groups excluding carboxylic acids is 1. The molecule has 1 amide bonds. The average Bonchev–Trinajstić information content (AvgIpc) is 2.89. The van der Waals surface area contributed by atoms with Crippen LogP contribution in [0, 0.1) is 0 Å². The van der Waals surface area contributed by atoms with Gasteiger partial charge in [-0.25, -0.2) is 0 Å². The summed E-state index contributed by atoms with van der Waals surface area (Å²) in [6.07, 6.45) is -8.75. The lowest BCUT2D eigenvalue weighted by molar-refractivity contribution is -0.254. The molecule has 2 aliphatic rings. The Bertz CT molecular complexity index is 967. The van der Waals surface area contributed by atoms with Crippen molar-refractivity contribution in [3.8, 4) is 0 Å². The molecule has 1 saturated carbocycles. The van der Waals surface area contributed by atoms with E-state index in [2.05, 4.69) is 15.3 Å². The average molecular weight is 545 g/mol. The van der Waals surface area contributed by atoms with Gasteiger partial charge in [0.1, 0.15) is 0 Å². The third-order valence-electron chi connectivity index (χ3n) is 7.24. The summed E-state index contributed by atoms with van der Waals surface area (Å²) >= 11 is 0. The molecule has 3 rings (SSSR count). The van der Waals surface area contributed by atoms with E-state index in [0.29, 0.717) is 18.4 Å². The summed E-state index contributed by atoms with van der Waals surface area (Å²) in [5.41, 5.74) is 15.8. The van der Waals surface area contributed by atoms with Crippen LogP contribution in [0.3, 0.4) is 0 Å². The van der Waals surface area contributed by atoms with E-state index >= 15 is 0 Å². The molecule has 1 heterocycles. The third kappa shape index (κ3) is 6.94. The summed E-state index contributed by atoms with van der Waals surface area (Å²) in [7, 11) is 3.12. The smallest absolute Gasteiger partial charge is 0.389 e. The number of benzene rings is 1. The van der Waals surface area contributed by atoms with Gasteiger partial charge in [0.2, 0.25) is 0 Å². The monoisotopic (exact) mass is 544 g/mol. The van der Waals surface area contributed by atoms with Crippen molar-refractivity contribution in [2.45, 2.75) is 87.2 Å². The van der Waals surface area contributed by atoms with Gasteiger partial charge in [0.05, 0.1) is 48.6 Å². The van der Waals surface area contributed by atoms with Crippen molar-refractivity contribution in [3.63, 3.8) is 0 Å². The summed E-state index contributed by atoms with van der Waals surface area (Å²) in [5, 5.41) is 17.7. The van der Waals surface area contributed by atoms with Gasteiger partial charge in [0.25, 0.3) is 0 Å². The largest absolute Gasteiger partial charge is 0.471 e. The minimum atomic E-state index is -5.07. The van der Waals surface area contributed by atoms with Crippen LogP contribution in [0.2, 0.25) is 0 Å². The normalized spacial score (nSPS) is 32.7. The number of aliphatic hydroxyl groups is 1. The number of nitrogens with two attached hydrogens (primary N) is 1. The molecule has 38 heavy (non-hydrogen) atoms. The molecule has 0 unspecified atom stereocenters. The van der Waals surface area contributed by atoms with Crippen LogP contribution in [0.5, 0.6) is 0 Å². The SMILES string of the molecule is CN[C@H]1[C@@H](O)[C@H](O[C@H]2O[C@H](CN(C(=O)C(F)(F)F)[C@H](C)c3ccccc3)CC[C@H]2N)[C@@H](N=[N+]=[N-])C[C@@H]1OC. The van der Waals surface area contributed by atoms with Crippen molar-refractivity contribution in [2.24, 2.45) is 10.8 Å². The van der Waals surface area contributed by atoms with E-state index in [1.165, 1.54) is 14.0 Å². The summed E-state index contributed by atoms with van der Waals surface area (Å²) in [6, 6.07) is 5.52. The Morgan fingerprint density at radius 3 is 2.63 bits per heavy atom. The lowest BCUT2D eigenvalue weighted by Crippen LogP contribution is -2.63. The molecular weight excluding hydrogens is 509 g/mol. The van der Waals surface area contributed by atoms with Gasteiger partial charge >= 0.3 is 12.1 Å². The number of hydrogen-bond acceptors (Lipinski definition) is 8. The minimum Gasteiger partial charge on any atom is -0.389 e. The molecule has 1 saturated heterocycles. The molecule has 9 atom stereocenters. The fourth-order valence-electron chi connectivity index (χ4n) is 5.13. The van der Waals surface area contributed by atoms with Crippen molar-refractivity contribution >= 4 is 5.91 Å². The molecule has 4 N–H and O–H groups in total. The second-order valence-electron chi connectivity index (χ2n) is 9.60. The molecule has 0 bridgehead atoms. The van der Waals surface area contributed by atoms with E-state index in [-0.39, 0.29) is 13.0 Å². The second kappa shape index (κ2) is 13.1. The zero-order valence-corrected chi connectivity index (χ0v) is 21.5. The van der Waals surface area contributed by atoms with E-state index in [1.54, 1.807) is 37.4 Å². The van der Waals surface area contributed by atoms with Gasteiger partial charge in [0.15, 0.2) is 6.29 Å². The van der Waals surface area contributed by atoms with Crippen LogP contribution in [0.15, 0.2) is 35.4 Å². The Kier molecular flexibility index (Phi) is 10.4. The van der Waals surface area contributed by atoms with Crippen molar-refractivity contribution < 1.29 is 37.3 Å². The van der Waals surface area contributed by atoms with Gasteiger partial charge in [-0.05, 0) is 44.3 Å². The molecule has 0 radical (unpaired) electrons. The zero-order chi connectivity index (χ0) is 28.0. The van der Waals surface area contributed by atoms with Crippen LogP contribution in [0.4, 0.5) is 13.2 Å². The number of alkyl halides is 3. The van der Waals surface area contributed by atoms with Crippen molar-refractivity contribution in [3.05, 3.63) is 46.3 Å². The van der Waals surface area contributed by atoms with Gasteiger partial charge in [-0.15, -0.1) is 0 Å². The quantitative estimate of drug-likeness (QED) is 0.245. The number of methoxy groups -OCH3 is 1. The molecule has 1 aliphatic heterocycles. The highest BCUT2D eigenvalue weighted by Crippen LogP contribution is 2.33. The van der Waals surface area contributed by atoms with Crippen LogP contribution < -0.4 is 11.1 Å². The number of aliphatic hydroxyl groups excluding tert-OH is 1. The maximum Gasteiger partial charge on any atom is 0.471 e. The lowest BCUT2D eigenvalue weighted by Gasteiger charge is -2.45. The Morgan fingerprint density at radius 1 is 1.37 bits per heavy atom. The number of ether oxygens (including phenoxy) is 3. The van der Waals surface area contributed by atoms with Crippen LogP contribution >= 0.6 is 0 Å². The molecule has 0 spiro atoms. The number of nitrogens with one attached hydrogen (secondary N) is 1. The summed E-state index contributed by atoms with van der Waals surface area (Å²) in [5.74, 6) is -1.97. The van der Waals surface area contributed by atoms with E-state index < -0.39 is 67.0 Å². The Balaban J connectivity index is 1.79. The van der Waals surface area contributed by atoms with Gasteiger partial charge in [0, 0.05) is 18.6 Å². The minimum absolute atomic E-state index is 0.252. The van der Waals surface area contributed by atoms with Gasteiger partial charge in [-0.2, -0.15) is 13.2 Å². The van der Waals surface area contributed by atoms with Crippen LogP contribution in [-0.2, 0) is 19.0 Å². The Hall–Kier alpha value is -2.45. The first-order valence-electron chi connectivity index (χ1n) is 12.4. The highest BCUT2D eigenvalue weighted by molar-refractivity contribution is 5.82. The standard InChI is InChI=1S/C24H35F3N6O5/c1-13(14-7-5-4-6-8-14)33(23(35)24(25,26)27)12-15-9-10-16(28)22(37-15)38-21-17(31-32-29)11-18(36-3)19(30-2)20(21)34/h4-8,13,15-22,30,34H,9-12,28H2,1-3H3/t13-,15+,16-,17+,18+,19-,20-,21-,22-/m1/s1. The highest BCUT2D eigenvalue weighted by Gasteiger charge is 2.48. The van der Waals surface area contributed by atoms with Crippen molar-refractivity contribution in [1.29, 1.82) is 0 Å². The topological polar surface area (TPSA) is 155 Å². The zero-order valence-electron chi connectivity index (χ0n) is 21.5. The van der Waals surface area contributed by atoms with Crippen molar-refractivity contribution in [1.82, 2.24) is 10.2 Å². The maximum absolute atomic E-state index is 13.5. The number of halogens is 3. The first-order valence-corrected chi connectivity index (χ1v) is 12.4. The lowest BCUT2D eigenvalue weighted by atomic mass is 9.83. The second-order valence-corrected chi connectivity index (χ2v) is 9.60. The number of carbonyl (C=O) groups is 1. The third-order valence-corrected chi connectivity index (χ3v) is 7.24. The summed E-state index contributed by atoms with van der Waals surface area (Å²) in [6.45, 7) is 1.17. The van der Waals surface area contributed by atoms with Crippen LogP contribution in [0.25, 0.3) is 10.4 Å². The van der Waals surface area contributed by atoms with Gasteiger partial charge in [-0.1, -0.05) is 35.4 Å². The first kappa shape index (κ1) is 30.1. The number of hydrogen-bond donors (Lipinski definition) is 3. The van der Waals surface area contributed by atoms with Gasteiger partial charge < -0.3 is 35.3 Å². The predicted octanol–water partition coefficient (Wildman–Crippen LogP) is 2.40. The van der Waals surface area contributed by atoms with Gasteiger partial charge in [-0.3, -0.25) is 4.79 Å². The Labute approximate surface area is 219 Å². The maximum atomic E-state index is 13.5. The summed E-state index contributed by atoms with van der Waals surface area (Å²) in [4.78, 5) is 16.0. The van der Waals surface area contributed by atoms with E-state index in [1.807, 2.05) is 0 Å². The molecule has 212 valence electrons. The molecule has 1 aromatic carbocycles. The van der Waals surface area contributed by atoms with Crippen LogP contribution in [0.1, 0.15) is 37.8 Å². The van der Waals surface area contributed by atoms with Crippen molar-refractivity contribution in [2.75, 3.05) is 20.7 Å². The molecule has 0 aromatic heterocycles. The predicted molar refractivity (Wildman–Crippen MR) is 131 cm³/mol. The fraction of sp³-hybridized carbons (Fsp3) is 0.708. The number of nitrogens with zero attached hydrogens (tertiary/aromatic N) is 4. The van der Waals surface area contributed by atoms with Crippen LogP contribution in [-0.4, -0.2) is 91.6 Å². The molecule has 1 aliphatic carbocycles. The van der Waals surface area contributed by atoms with E-state index in [0.717, 1.165) is 4.90 Å². The van der Waals surface area contributed by atoms with E-state index in [4.69, 9.17) is 25.5 Å². The first-order chi connectivity index (χ1) is 18.0. The molecule has 14 heteroatoms. The number of amides is 1. The Morgan fingerprint density at radius 2 is 2.05 bits per heavy atom.